The molecule has 0 atom stereocenters. The molecule has 2 aromatic rings. The summed E-state index contributed by atoms with van der Waals surface area (Å²) in [6.07, 6.45) is 1.17. The number of ether oxygens (including phenoxy) is 2. The Morgan fingerprint density at radius 2 is 1.76 bits per heavy atom. The lowest BCUT2D eigenvalue weighted by molar-refractivity contribution is 0.0980. The molecule has 3 nitrogen and oxygen atoms in total. The Bertz CT molecular complexity index is 620. The Balaban J connectivity index is 2.05. The first-order chi connectivity index (χ1) is 10.1. The molecule has 0 aliphatic carbocycles. The van der Waals surface area contributed by atoms with Crippen LogP contribution >= 0.6 is 22.6 Å². The van der Waals surface area contributed by atoms with Crippen molar-refractivity contribution in [2.24, 2.45) is 0 Å². The number of methoxy groups -OCH3 is 2. The van der Waals surface area contributed by atoms with Crippen LogP contribution in [-0.2, 0) is 6.42 Å². The van der Waals surface area contributed by atoms with Crippen molar-refractivity contribution in [3.8, 4) is 11.5 Å². The highest BCUT2D eigenvalue weighted by Crippen LogP contribution is 2.23. The van der Waals surface area contributed by atoms with E-state index in [0.717, 1.165) is 14.9 Å². The summed E-state index contributed by atoms with van der Waals surface area (Å²) in [4.78, 5) is 12.4. The van der Waals surface area contributed by atoms with Gasteiger partial charge in [0.05, 0.1) is 19.8 Å². The Labute approximate surface area is 138 Å². The highest BCUT2D eigenvalue weighted by atomic mass is 127. The molecule has 21 heavy (non-hydrogen) atoms. The molecule has 0 N–H and O–H groups in total. The molecule has 0 unspecified atom stereocenters. The minimum absolute atomic E-state index is 0.0983. The molecule has 0 heterocycles. The third kappa shape index (κ3) is 4.20. The molecule has 0 aliphatic heterocycles. The van der Waals surface area contributed by atoms with Crippen molar-refractivity contribution in [2.45, 2.75) is 12.8 Å². The van der Waals surface area contributed by atoms with Crippen molar-refractivity contribution in [1.82, 2.24) is 0 Å². The molecule has 0 spiro atoms. The second kappa shape index (κ2) is 7.45. The summed E-state index contributed by atoms with van der Waals surface area (Å²) in [7, 11) is 3.23. The molecule has 2 aromatic carbocycles. The number of benzene rings is 2. The zero-order valence-corrected chi connectivity index (χ0v) is 14.2. The van der Waals surface area contributed by atoms with Gasteiger partial charge >= 0.3 is 0 Å². The first-order valence-corrected chi connectivity index (χ1v) is 7.71. The van der Waals surface area contributed by atoms with E-state index in [1.54, 1.807) is 14.2 Å². The zero-order valence-electron chi connectivity index (χ0n) is 12.1. The van der Waals surface area contributed by atoms with E-state index in [2.05, 4.69) is 22.6 Å². The van der Waals surface area contributed by atoms with Crippen LogP contribution in [0.1, 0.15) is 22.3 Å². The lowest BCUT2D eigenvalue weighted by Gasteiger charge is -2.08. The standard InChI is InChI=1S/C17H17IO3/c1-20-14-7-3-12(4-8-14)5-9-16(19)15-11-13(18)6-10-17(15)21-2/h3-4,6-8,10-11H,5,9H2,1-2H3. The predicted molar refractivity (Wildman–Crippen MR) is 91.4 cm³/mol. The summed E-state index contributed by atoms with van der Waals surface area (Å²) in [6.45, 7) is 0. The summed E-state index contributed by atoms with van der Waals surface area (Å²) in [5.74, 6) is 1.56. The third-order valence-corrected chi connectivity index (χ3v) is 3.93. The average Bonchev–Trinajstić information content (AvgIpc) is 2.53. The van der Waals surface area contributed by atoms with E-state index in [1.165, 1.54) is 0 Å². The van der Waals surface area contributed by atoms with Gasteiger partial charge in [-0.15, -0.1) is 0 Å². The molecular weight excluding hydrogens is 379 g/mol. The van der Waals surface area contributed by atoms with Gasteiger partial charge in [-0.3, -0.25) is 4.79 Å². The molecule has 4 heteroatoms. The second-order valence-electron chi connectivity index (χ2n) is 4.62. The van der Waals surface area contributed by atoms with E-state index in [0.29, 0.717) is 24.2 Å². The van der Waals surface area contributed by atoms with E-state index >= 15 is 0 Å². The van der Waals surface area contributed by atoms with Crippen LogP contribution in [-0.4, -0.2) is 20.0 Å². The Morgan fingerprint density at radius 3 is 2.38 bits per heavy atom. The summed E-state index contributed by atoms with van der Waals surface area (Å²) in [6, 6.07) is 13.4. The maximum atomic E-state index is 12.4. The molecule has 2 rings (SSSR count). The van der Waals surface area contributed by atoms with E-state index in [9.17, 15) is 4.79 Å². The smallest absolute Gasteiger partial charge is 0.166 e. The number of ketones is 1. The number of aryl methyl sites for hydroxylation is 1. The highest BCUT2D eigenvalue weighted by Gasteiger charge is 2.12. The summed E-state index contributed by atoms with van der Waals surface area (Å²) < 4.78 is 11.4. The lowest BCUT2D eigenvalue weighted by Crippen LogP contribution is -2.04. The summed E-state index contributed by atoms with van der Waals surface area (Å²) >= 11 is 2.20. The molecule has 0 fully saturated rings. The van der Waals surface area contributed by atoms with Gasteiger partial charge in [0.2, 0.25) is 0 Å². The van der Waals surface area contributed by atoms with Gasteiger partial charge in [-0.2, -0.15) is 0 Å². The van der Waals surface area contributed by atoms with Crippen LogP contribution in [0.4, 0.5) is 0 Å². The van der Waals surface area contributed by atoms with Crippen molar-refractivity contribution in [3.05, 3.63) is 57.2 Å². The SMILES string of the molecule is COc1ccc(CCC(=O)c2cc(I)ccc2OC)cc1. The fraction of sp³-hybridized carbons (Fsp3) is 0.235. The maximum absolute atomic E-state index is 12.4. The minimum atomic E-state index is 0.0983. The fourth-order valence-electron chi connectivity index (χ4n) is 2.08. The topological polar surface area (TPSA) is 35.5 Å². The maximum Gasteiger partial charge on any atom is 0.166 e. The van der Waals surface area contributed by atoms with E-state index < -0.39 is 0 Å². The Hall–Kier alpha value is -1.56. The van der Waals surface area contributed by atoms with E-state index in [1.807, 2.05) is 42.5 Å². The third-order valence-electron chi connectivity index (χ3n) is 3.26. The molecule has 0 saturated carbocycles. The number of Topliss-reactive ketones (excluding diaryl/α,β-unsaturated/α-hetero) is 1. The minimum Gasteiger partial charge on any atom is -0.497 e. The van der Waals surface area contributed by atoms with Gasteiger partial charge < -0.3 is 9.47 Å². The fourth-order valence-corrected chi connectivity index (χ4v) is 2.57. The highest BCUT2D eigenvalue weighted by molar-refractivity contribution is 14.1. The van der Waals surface area contributed by atoms with Gasteiger partial charge in [0, 0.05) is 9.99 Å². The van der Waals surface area contributed by atoms with Crippen molar-refractivity contribution >= 4 is 28.4 Å². The van der Waals surface area contributed by atoms with Crippen molar-refractivity contribution < 1.29 is 14.3 Å². The number of hydrogen-bond donors (Lipinski definition) is 0. The van der Waals surface area contributed by atoms with Crippen LogP contribution in [0.5, 0.6) is 11.5 Å². The van der Waals surface area contributed by atoms with Gasteiger partial charge in [-0.1, -0.05) is 12.1 Å². The largest absolute Gasteiger partial charge is 0.497 e. The van der Waals surface area contributed by atoms with Gasteiger partial charge in [-0.05, 0) is 64.9 Å². The van der Waals surface area contributed by atoms with E-state index in [-0.39, 0.29) is 5.78 Å². The molecule has 0 radical (unpaired) electrons. The summed E-state index contributed by atoms with van der Waals surface area (Å²) in [5, 5.41) is 0. The van der Waals surface area contributed by atoms with Crippen LogP contribution in [0.3, 0.4) is 0 Å². The van der Waals surface area contributed by atoms with Crippen LogP contribution in [0, 0.1) is 3.57 Å². The number of hydrogen-bond acceptors (Lipinski definition) is 3. The second-order valence-corrected chi connectivity index (χ2v) is 5.86. The lowest BCUT2D eigenvalue weighted by atomic mass is 10.0. The Kier molecular flexibility index (Phi) is 5.61. The predicted octanol–water partition coefficient (Wildman–Crippen LogP) is 4.12. The first kappa shape index (κ1) is 15.8. The van der Waals surface area contributed by atoms with Gasteiger partial charge in [-0.25, -0.2) is 0 Å². The van der Waals surface area contributed by atoms with Gasteiger partial charge in [0.15, 0.2) is 5.78 Å². The summed E-state index contributed by atoms with van der Waals surface area (Å²) in [5.41, 5.74) is 1.77. The van der Waals surface area contributed by atoms with Crippen LogP contribution in [0.2, 0.25) is 0 Å². The molecule has 0 aromatic heterocycles. The van der Waals surface area contributed by atoms with E-state index in [4.69, 9.17) is 9.47 Å². The molecule has 0 amide bonds. The van der Waals surface area contributed by atoms with Crippen LogP contribution in [0.15, 0.2) is 42.5 Å². The van der Waals surface area contributed by atoms with Crippen LogP contribution < -0.4 is 9.47 Å². The molecule has 0 saturated heterocycles. The van der Waals surface area contributed by atoms with Crippen molar-refractivity contribution in [3.63, 3.8) is 0 Å². The van der Waals surface area contributed by atoms with Crippen LogP contribution in [0.25, 0.3) is 0 Å². The van der Waals surface area contributed by atoms with Gasteiger partial charge in [0.1, 0.15) is 11.5 Å². The van der Waals surface area contributed by atoms with Crippen molar-refractivity contribution in [1.29, 1.82) is 0 Å². The Morgan fingerprint density at radius 1 is 1.05 bits per heavy atom. The number of carbonyl (C=O) groups is 1. The zero-order chi connectivity index (χ0) is 15.2. The number of halogens is 1. The number of carbonyl (C=O) groups excluding carboxylic acids is 1. The average molecular weight is 396 g/mol. The monoisotopic (exact) mass is 396 g/mol. The molecular formula is C17H17IO3. The number of rotatable bonds is 6. The molecule has 0 bridgehead atoms. The first-order valence-electron chi connectivity index (χ1n) is 6.63. The molecule has 0 aliphatic rings. The molecule has 110 valence electrons. The quantitative estimate of drug-likeness (QED) is 0.544. The van der Waals surface area contributed by atoms with Gasteiger partial charge in [0.25, 0.3) is 0 Å². The van der Waals surface area contributed by atoms with Crippen molar-refractivity contribution in [2.75, 3.05) is 14.2 Å². The normalized spacial score (nSPS) is 10.2.